The Morgan fingerprint density at radius 1 is 1.57 bits per heavy atom. The number of fused-ring (bicyclic) bond motifs is 1. The molecule has 0 aliphatic heterocycles. The fraction of sp³-hybridized carbons (Fsp3) is 0.200. The zero-order valence-corrected chi connectivity index (χ0v) is 8.23. The number of hydrogen-bond donors (Lipinski definition) is 1. The van der Waals surface area contributed by atoms with Gasteiger partial charge in [0.2, 0.25) is 0 Å². The van der Waals surface area contributed by atoms with Crippen molar-refractivity contribution in [2.75, 3.05) is 14.1 Å². The van der Waals surface area contributed by atoms with Gasteiger partial charge in [-0.3, -0.25) is 0 Å². The van der Waals surface area contributed by atoms with Crippen LogP contribution in [0.3, 0.4) is 0 Å². The van der Waals surface area contributed by atoms with E-state index in [1.807, 2.05) is 37.3 Å². The molecule has 1 N–H and O–H groups in total. The van der Waals surface area contributed by atoms with Crippen LogP contribution in [0.15, 0.2) is 29.5 Å². The van der Waals surface area contributed by atoms with Crippen LogP contribution in [0.4, 0.5) is 5.82 Å². The lowest BCUT2D eigenvalue weighted by atomic mass is 10.3. The third-order valence-corrected chi connectivity index (χ3v) is 1.84. The van der Waals surface area contributed by atoms with E-state index in [-0.39, 0.29) is 1.43 Å². The molecule has 0 bridgehead atoms. The van der Waals surface area contributed by atoms with Crippen LogP contribution in [0.1, 0.15) is 1.43 Å². The van der Waals surface area contributed by atoms with Gasteiger partial charge in [-0.2, -0.15) is 0 Å². The summed E-state index contributed by atoms with van der Waals surface area (Å²) in [6, 6.07) is 3.96. The first-order chi connectivity index (χ1) is 6.75. The SMILES string of the molecule is CN(C)C=Nc1cc2cc[nH]c2cn1.[HH]. The van der Waals surface area contributed by atoms with Crippen LogP contribution in [0.5, 0.6) is 0 Å². The van der Waals surface area contributed by atoms with Gasteiger partial charge in [-0.25, -0.2) is 9.98 Å². The summed E-state index contributed by atoms with van der Waals surface area (Å²) in [6.45, 7) is 0. The summed E-state index contributed by atoms with van der Waals surface area (Å²) >= 11 is 0. The van der Waals surface area contributed by atoms with E-state index in [2.05, 4.69) is 15.0 Å². The fourth-order valence-electron chi connectivity index (χ4n) is 1.18. The molecule has 0 aromatic carbocycles. The summed E-state index contributed by atoms with van der Waals surface area (Å²) < 4.78 is 0. The summed E-state index contributed by atoms with van der Waals surface area (Å²) in [5.41, 5.74) is 1.04. The molecule has 0 aliphatic carbocycles. The van der Waals surface area contributed by atoms with E-state index in [0.717, 1.165) is 16.7 Å². The Hall–Kier alpha value is -1.84. The van der Waals surface area contributed by atoms with Crippen molar-refractivity contribution in [1.82, 2.24) is 14.9 Å². The van der Waals surface area contributed by atoms with Gasteiger partial charge in [0.05, 0.1) is 18.1 Å². The average Bonchev–Trinajstić information content (AvgIpc) is 2.61. The average molecular weight is 190 g/mol. The van der Waals surface area contributed by atoms with Crippen molar-refractivity contribution in [3.63, 3.8) is 0 Å². The molecule has 0 saturated heterocycles. The number of aliphatic imine (C=N–C) groups is 1. The van der Waals surface area contributed by atoms with Crippen molar-refractivity contribution < 1.29 is 1.43 Å². The lowest BCUT2D eigenvalue weighted by molar-refractivity contribution is 0.643. The molecule has 2 heterocycles. The first kappa shape index (κ1) is 8.74. The van der Waals surface area contributed by atoms with Crippen LogP contribution in [0.2, 0.25) is 0 Å². The smallest absolute Gasteiger partial charge is 0.154 e. The Balaban J connectivity index is 0.00000112. The quantitative estimate of drug-likeness (QED) is 0.581. The highest BCUT2D eigenvalue weighted by molar-refractivity contribution is 5.80. The van der Waals surface area contributed by atoms with Gasteiger partial charge in [0.15, 0.2) is 5.82 Å². The molecule has 0 amide bonds. The predicted molar refractivity (Wildman–Crippen MR) is 60.0 cm³/mol. The van der Waals surface area contributed by atoms with Crippen molar-refractivity contribution in [1.29, 1.82) is 0 Å². The maximum absolute atomic E-state index is 4.21. The number of pyridine rings is 1. The second-order valence-corrected chi connectivity index (χ2v) is 3.32. The predicted octanol–water partition coefficient (Wildman–Crippen LogP) is 2.03. The second-order valence-electron chi connectivity index (χ2n) is 3.32. The molecule has 74 valence electrons. The van der Waals surface area contributed by atoms with Crippen LogP contribution in [-0.4, -0.2) is 35.3 Å². The molecule has 2 aromatic heterocycles. The van der Waals surface area contributed by atoms with Crippen LogP contribution < -0.4 is 0 Å². The number of H-pyrrole nitrogens is 1. The summed E-state index contributed by atoms with van der Waals surface area (Å²) in [7, 11) is 3.86. The zero-order chi connectivity index (χ0) is 9.97. The molecule has 0 atom stereocenters. The molecule has 0 aliphatic rings. The van der Waals surface area contributed by atoms with Crippen molar-refractivity contribution in [2.24, 2.45) is 4.99 Å². The van der Waals surface area contributed by atoms with E-state index in [9.17, 15) is 0 Å². The standard InChI is InChI=1S/C10H12N4.H2/c1-14(2)7-13-10-5-8-3-4-11-9(8)6-12-10;/h3-7,11H,1-2H3;1H. The molecule has 4 heteroatoms. The van der Waals surface area contributed by atoms with Gasteiger partial charge in [0.1, 0.15) is 0 Å². The molecule has 2 rings (SSSR count). The Morgan fingerprint density at radius 2 is 2.43 bits per heavy atom. The van der Waals surface area contributed by atoms with E-state index < -0.39 is 0 Å². The zero-order valence-electron chi connectivity index (χ0n) is 8.23. The third kappa shape index (κ3) is 1.74. The lowest BCUT2D eigenvalue weighted by Crippen LogP contribution is -2.07. The van der Waals surface area contributed by atoms with E-state index in [1.54, 1.807) is 12.5 Å². The Bertz CT molecular complexity index is 461. The summed E-state index contributed by atoms with van der Waals surface area (Å²) in [5.74, 6) is 0.728. The van der Waals surface area contributed by atoms with E-state index in [0.29, 0.717) is 0 Å². The van der Waals surface area contributed by atoms with Crippen LogP contribution >= 0.6 is 0 Å². The summed E-state index contributed by atoms with van der Waals surface area (Å²) in [4.78, 5) is 13.4. The maximum Gasteiger partial charge on any atom is 0.154 e. The van der Waals surface area contributed by atoms with Crippen LogP contribution in [0, 0.1) is 0 Å². The highest BCUT2D eigenvalue weighted by Gasteiger charge is 1.95. The Labute approximate surface area is 83.8 Å². The second kappa shape index (κ2) is 3.49. The number of aromatic amines is 1. The number of rotatable bonds is 2. The topological polar surface area (TPSA) is 44.3 Å². The minimum Gasteiger partial charge on any atom is -0.369 e. The maximum atomic E-state index is 4.21. The van der Waals surface area contributed by atoms with Crippen molar-refractivity contribution in [2.45, 2.75) is 0 Å². The van der Waals surface area contributed by atoms with Gasteiger partial charge in [0, 0.05) is 27.1 Å². The number of nitrogens with one attached hydrogen (secondary N) is 1. The largest absolute Gasteiger partial charge is 0.369 e. The van der Waals surface area contributed by atoms with E-state index >= 15 is 0 Å². The first-order valence-electron chi connectivity index (χ1n) is 4.39. The Morgan fingerprint density at radius 3 is 3.21 bits per heavy atom. The van der Waals surface area contributed by atoms with Crippen molar-refractivity contribution in [3.8, 4) is 0 Å². The normalized spacial score (nSPS) is 11.3. The van der Waals surface area contributed by atoms with Gasteiger partial charge in [-0.05, 0) is 12.1 Å². The minimum atomic E-state index is 0. The van der Waals surface area contributed by atoms with E-state index in [1.165, 1.54) is 0 Å². The van der Waals surface area contributed by atoms with Crippen LogP contribution in [-0.2, 0) is 0 Å². The first-order valence-corrected chi connectivity index (χ1v) is 4.39. The number of hydrogen-bond acceptors (Lipinski definition) is 2. The van der Waals surface area contributed by atoms with Gasteiger partial charge >= 0.3 is 0 Å². The monoisotopic (exact) mass is 190 g/mol. The molecule has 0 saturated carbocycles. The number of aromatic nitrogens is 2. The van der Waals surface area contributed by atoms with Crippen LogP contribution in [0.25, 0.3) is 10.9 Å². The Kier molecular flexibility index (Phi) is 2.18. The molecular formula is C10H14N4. The minimum absolute atomic E-state index is 0. The van der Waals surface area contributed by atoms with E-state index in [4.69, 9.17) is 0 Å². The molecule has 4 nitrogen and oxygen atoms in total. The summed E-state index contributed by atoms with van der Waals surface area (Å²) in [6.07, 6.45) is 5.42. The van der Waals surface area contributed by atoms with Gasteiger partial charge in [0.25, 0.3) is 0 Å². The molecule has 2 aromatic rings. The highest BCUT2D eigenvalue weighted by Crippen LogP contribution is 2.16. The van der Waals surface area contributed by atoms with Crippen molar-refractivity contribution >= 4 is 23.1 Å². The third-order valence-electron chi connectivity index (χ3n) is 1.84. The molecular weight excluding hydrogens is 176 g/mol. The van der Waals surface area contributed by atoms with Gasteiger partial charge in [-0.15, -0.1) is 0 Å². The van der Waals surface area contributed by atoms with Crippen molar-refractivity contribution in [3.05, 3.63) is 24.5 Å². The molecule has 0 unspecified atom stereocenters. The van der Waals surface area contributed by atoms with Gasteiger partial charge in [-0.1, -0.05) is 0 Å². The molecule has 0 spiro atoms. The number of nitrogens with zero attached hydrogens (tertiary/aromatic N) is 3. The molecule has 14 heavy (non-hydrogen) atoms. The fourth-order valence-corrected chi connectivity index (χ4v) is 1.18. The lowest BCUT2D eigenvalue weighted by Gasteiger charge is -2.01. The molecule has 0 fully saturated rings. The summed E-state index contributed by atoms with van der Waals surface area (Å²) in [5, 5.41) is 1.13. The van der Waals surface area contributed by atoms with Gasteiger partial charge < -0.3 is 9.88 Å². The highest BCUT2D eigenvalue weighted by atomic mass is 15.1. The molecule has 0 radical (unpaired) electrons.